The molecule has 0 aliphatic heterocycles. The van der Waals surface area contributed by atoms with Crippen LogP contribution in [0.15, 0.2) is 47.0 Å². The minimum absolute atomic E-state index is 0.0105. The average Bonchev–Trinajstić information content (AvgIpc) is 3.43. The molecule has 0 fully saturated rings. The number of aromatic nitrogens is 3. The number of carbonyl (C=O) groups excluding carboxylic acids is 1. The summed E-state index contributed by atoms with van der Waals surface area (Å²) in [5, 5.41) is 4.40. The minimum atomic E-state index is -4.44. The van der Waals surface area contributed by atoms with Crippen LogP contribution in [0.4, 0.5) is 13.2 Å². The highest BCUT2D eigenvalue weighted by molar-refractivity contribution is 5.97. The van der Waals surface area contributed by atoms with Crippen LogP contribution in [0.5, 0.6) is 11.5 Å². The molecule has 0 aliphatic carbocycles. The van der Waals surface area contributed by atoms with Gasteiger partial charge in [0.25, 0.3) is 5.89 Å². The molecule has 0 spiro atoms. The predicted octanol–water partition coefficient (Wildman–Crippen LogP) is 4.61. The van der Waals surface area contributed by atoms with Crippen LogP contribution in [0.25, 0.3) is 22.3 Å². The van der Waals surface area contributed by atoms with E-state index in [1.165, 1.54) is 26.4 Å². The second-order valence-corrected chi connectivity index (χ2v) is 6.64. The zero-order valence-corrected chi connectivity index (χ0v) is 16.8. The van der Waals surface area contributed by atoms with Gasteiger partial charge in [0.05, 0.1) is 25.3 Å². The molecule has 0 amide bonds. The number of rotatable bonds is 6. The van der Waals surface area contributed by atoms with Gasteiger partial charge in [-0.05, 0) is 24.3 Å². The molecule has 0 saturated carbocycles. The Morgan fingerprint density at radius 2 is 1.84 bits per heavy atom. The van der Waals surface area contributed by atoms with Gasteiger partial charge < -0.3 is 23.7 Å². The third kappa shape index (κ3) is 4.22. The summed E-state index contributed by atoms with van der Waals surface area (Å²) in [6, 6.07) is 9.30. The van der Waals surface area contributed by atoms with Gasteiger partial charge in [-0.25, -0.2) is 4.79 Å². The van der Waals surface area contributed by atoms with Crippen molar-refractivity contribution in [3.05, 3.63) is 59.6 Å². The summed E-state index contributed by atoms with van der Waals surface area (Å²) < 4.78 is 58.8. The van der Waals surface area contributed by atoms with E-state index in [2.05, 4.69) is 15.1 Å². The fourth-order valence-corrected chi connectivity index (χ4v) is 3.02. The van der Waals surface area contributed by atoms with E-state index in [4.69, 9.17) is 18.7 Å². The van der Waals surface area contributed by atoms with E-state index in [0.717, 1.165) is 12.1 Å². The Kier molecular flexibility index (Phi) is 5.47. The molecule has 4 rings (SSSR count). The highest BCUT2D eigenvalue weighted by Crippen LogP contribution is 2.32. The van der Waals surface area contributed by atoms with Gasteiger partial charge in [-0.3, -0.25) is 0 Å². The molecule has 0 unspecified atom stereocenters. The van der Waals surface area contributed by atoms with E-state index in [0.29, 0.717) is 28.0 Å². The van der Waals surface area contributed by atoms with Crippen LogP contribution < -0.4 is 9.47 Å². The van der Waals surface area contributed by atoms with Gasteiger partial charge in [0, 0.05) is 17.0 Å². The molecule has 1 N–H and O–H groups in total. The Balaban J connectivity index is 1.45. The molecule has 4 aromatic rings. The molecular formula is C21H16F3N3O5. The molecule has 166 valence electrons. The maximum absolute atomic E-state index is 12.7. The van der Waals surface area contributed by atoms with Crippen molar-refractivity contribution in [2.75, 3.05) is 14.2 Å². The summed E-state index contributed by atoms with van der Waals surface area (Å²) in [5.74, 6) is 0.457. The molecular weight excluding hydrogens is 431 g/mol. The average molecular weight is 447 g/mol. The first-order valence-corrected chi connectivity index (χ1v) is 9.20. The summed E-state index contributed by atoms with van der Waals surface area (Å²) in [5.41, 5.74) is 0.319. The number of ether oxygens (including phenoxy) is 3. The number of nitrogens with one attached hydrogen (secondary N) is 1. The van der Waals surface area contributed by atoms with Crippen molar-refractivity contribution >= 4 is 16.9 Å². The molecule has 0 bridgehead atoms. The first-order valence-electron chi connectivity index (χ1n) is 9.20. The normalized spacial score (nSPS) is 11.5. The van der Waals surface area contributed by atoms with Gasteiger partial charge in [0.15, 0.2) is 6.61 Å². The van der Waals surface area contributed by atoms with Crippen molar-refractivity contribution < 1.29 is 36.7 Å². The number of H-pyrrole nitrogens is 1. The lowest BCUT2D eigenvalue weighted by atomic mass is 10.1. The smallest absolute Gasteiger partial charge is 0.416 e. The molecule has 0 atom stereocenters. The van der Waals surface area contributed by atoms with Crippen molar-refractivity contribution in [2.45, 2.75) is 12.8 Å². The summed E-state index contributed by atoms with van der Waals surface area (Å²) in [4.78, 5) is 19.4. The molecule has 8 nitrogen and oxygen atoms in total. The number of fused-ring (bicyclic) bond motifs is 1. The van der Waals surface area contributed by atoms with Crippen LogP contribution in [0.2, 0.25) is 0 Å². The van der Waals surface area contributed by atoms with Crippen LogP contribution >= 0.6 is 0 Å². The van der Waals surface area contributed by atoms with Crippen LogP contribution in [0, 0.1) is 0 Å². The van der Waals surface area contributed by atoms with E-state index < -0.39 is 17.7 Å². The summed E-state index contributed by atoms with van der Waals surface area (Å²) in [6.45, 7) is -0.317. The number of carbonyl (C=O) groups is 1. The van der Waals surface area contributed by atoms with Crippen molar-refractivity contribution in [3.63, 3.8) is 0 Å². The van der Waals surface area contributed by atoms with E-state index in [9.17, 15) is 18.0 Å². The van der Waals surface area contributed by atoms with Crippen molar-refractivity contribution in [1.29, 1.82) is 0 Å². The SMILES string of the molecule is COc1cc(OC)c2[nH]c(C(=O)OCc3nc(-c4ccc(C(F)(F)F)cc4)no3)cc2c1. The first kappa shape index (κ1) is 21.2. The number of aromatic amines is 1. The van der Waals surface area contributed by atoms with Crippen molar-refractivity contribution in [1.82, 2.24) is 15.1 Å². The molecule has 0 aliphatic rings. The van der Waals surface area contributed by atoms with Gasteiger partial charge in [-0.15, -0.1) is 0 Å². The largest absolute Gasteiger partial charge is 0.497 e. The van der Waals surface area contributed by atoms with Crippen LogP contribution in [0.1, 0.15) is 21.9 Å². The zero-order chi connectivity index (χ0) is 22.9. The van der Waals surface area contributed by atoms with Crippen LogP contribution in [-0.2, 0) is 17.5 Å². The first-order chi connectivity index (χ1) is 15.3. The highest BCUT2D eigenvalue weighted by Gasteiger charge is 2.30. The predicted molar refractivity (Wildman–Crippen MR) is 105 cm³/mol. The van der Waals surface area contributed by atoms with Crippen LogP contribution in [0.3, 0.4) is 0 Å². The summed E-state index contributed by atoms with van der Waals surface area (Å²) in [7, 11) is 3.02. The molecule has 2 heterocycles. The Morgan fingerprint density at radius 1 is 1.09 bits per heavy atom. The maximum Gasteiger partial charge on any atom is 0.416 e. The highest BCUT2D eigenvalue weighted by atomic mass is 19.4. The number of nitrogens with zero attached hydrogens (tertiary/aromatic N) is 2. The molecule has 0 radical (unpaired) electrons. The topological polar surface area (TPSA) is 99.5 Å². The Hall–Kier alpha value is -4.02. The lowest BCUT2D eigenvalue weighted by Crippen LogP contribution is -2.05. The van der Waals surface area contributed by atoms with Gasteiger partial charge in [0.1, 0.15) is 17.2 Å². The number of esters is 1. The summed E-state index contributed by atoms with van der Waals surface area (Å²) in [6.07, 6.45) is -4.44. The number of methoxy groups -OCH3 is 2. The van der Waals surface area contributed by atoms with Crippen LogP contribution in [-0.4, -0.2) is 35.3 Å². The Morgan fingerprint density at radius 3 is 2.50 bits per heavy atom. The molecule has 2 aromatic heterocycles. The van der Waals surface area contributed by atoms with Gasteiger partial charge in [-0.1, -0.05) is 17.3 Å². The van der Waals surface area contributed by atoms with E-state index >= 15 is 0 Å². The second-order valence-electron chi connectivity index (χ2n) is 6.64. The van der Waals surface area contributed by atoms with Gasteiger partial charge >= 0.3 is 12.1 Å². The maximum atomic E-state index is 12.7. The number of benzene rings is 2. The van der Waals surface area contributed by atoms with Crippen molar-refractivity contribution in [2.24, 2.45) is 0 Å². The van der Waals surface area contributed by atoms with E-state index in [1.807, 2.05) is 0 Å². The number of alkyl halides is 3. The fraction of sp³-hybridized carbons (Fsp3) is 0.190. The van der Waals surface area contributed by atoms with Gasteiger partial charge in [0.2, 0.25) is 5.82 Å². The molecule has 0 saturated heterocycles. The third-order valence-electron chi connectivity index (χ3n) is 4.61. The number of halogens is 3. The molecule has 2 aromatic carbocycles. The van der Waals surface area contributed by atoms with E-state index in [1.54, 1.807) is 18.2 Å². The quantitative estimate of drug-likeness (QED) is 0.431. The molecule has 11 heteroatoms. The van der Waals surface area contributed by atoms with Crippen molar-refractivity contribution in [3.8, 4) is 22.9 Å². The minimum Gasteiger partial charge on any atom is -0.497 e. The Labute approximate surface area is 178 Å². The second kappa shape index (κ2) is 8.25. The Bertz CT molecular complexity index is 1260. The third-order valence-corrected chi connectivity index (χ3v) is 4.61. The number of hydrogen-bond donors (Lipinski definition) is 1. The van der Waals surface area contributed by atoms with E-state index in [-0.39, 0.29) is 24.0 Å². The monoisotopic (exact) mass is 447 g/mol. The lowest BCUT2D eigenvalue weighted by molar-refractivity contribution is -0.137. The summed E-state index contributed by atoms with van der Waals surface area (Å²) >= 11 is 0. The lowest BCUT2D eigenvalue weighted by Gasteiger charge is -2.05. The molecule has 32 heavy (non-hydrogen) atoms. The zero-order valence-electron chi connectivity index (χ0n) is 16.8. The number of hydrogen-bond acceptors (Lipinski definition) is 7. The fourth-order valence-electron chi connectivity index (χ4n) is 3.02. The standard InChI is InChI=1S/C21H16F3N3O5/c1-29-14-7-12-8-15(25-18(12)16(9-14)30-2)20(28)31-10-17-26-19(27-32-17)11-3-5-13(6-4-11)21(22,23)24/h3-9,25H,10H2,1-2H3. The van der Waals surface area contributed by atoms with Gasteiger partial charge in [-0.2, -0.15) is 18.2 Å².